The molecule has 1 aromatic carbocycles. The third-order valence-corrected chi connectivity index (χ3v) is 3.77. The standard InChI is InChI=1S/C17H28N2O/c1-14(2)20-11-5-9-18-13-15-7-8-17-16(12-15)6-4-10-19(17)3/h7-8,12,14,18H,4-6,9-11,13H2,1-3H3. The molecule has 0 bridgehead atoms. The number of anilines is 1. The maximum atomic E-state index is 5.53. The Balaban J connectivity index is 1.74. The Bertz CT molecular complexity index is 417. The number of aryl methyl sites for hydroxylation is 1. The molecule has 3 heteroatoms. The van der Waals surface area contributed by atoms with Gasteiger partial charge in [-0.2, -0.15) is 0 Å². The Hall–Kier alpha value is -1.06. The average molecular weight is 276 g/mol. The number of hydrogen-bond donors (Lipinski definition) is 1. The minimum Gasteiger partial charge on any atom is -0.379 e. The molecular weight excluding hydrogens is 248 g/mol. The molecule has 0 saturated carbocycles. The molecule has 0 aliphatic carbocycles. The monoisotopic (exact) mass is 276 g/mol. The molecule has 1 aromatic rings. The quantitative estimate of drug-likeness (QED) is 0.775. The van der Waals surface area contributed by atoms with Crippen molar-refractivity contribution in [3.05, 3.63) is 29.3 Å². The molecule has 0 spiro atoms. The first kappa shape index (κ1) is 15.3. The lowest BCUT2D eigenvalue weighted by Gasteiger charge is -2.27. The molecule has 1 aliphatic rings. The van der Waals surface area contributed by atoms with Crippen molar-refractivity contribution in [2.24, 2.45) is 0 Å². The van der Waals surface area contributed by atoms with Crippen molar-refractivity contribution in [3.8, 4) is 0 Å². The van der Waals surface area contributed by atoms with Crippen LogP contribution in [0.25, 0.3) is 0 Å². The lowest BCUT2D eigenvalue weighted by Crippen LogP contribution is -2.25. The summed E-state index contributed by atoms with van der Waals surface area (Å²) in [4.78, 5) is 2.36. The molecule has 0 amide bonds. The highest BCUT2D eigenvalue weighted by Gasteiger charge is 2.13. The maximum absolute atomic E-state index is 5.53. The summed E-state index contributed by atoms with van der Waals surface area (Å²) >= 11 is 0. The second-order valence-corrected chi connectivity index (χ2v) is 5.94. The van der Waals surface area contributed by atoms with Crippen LogP contribution in [-0.2, 0) is 17.7 Å². The van der Waals surface area contributed by atoms with Crippen molar-refractivity contribution in [1.82, 2.24) is 5.32 Å². The highest BCUT2D eigenvalue weighted by atomic mass is 16.5. The van der Waals surface area contributed by atoms with Gasteiger partial charge in [-0.15, -0.1) is 0 Å². The second-order valence-electron chi connectivity index (χ2n) is 5.94. The van der Waals surface area contributed by atoms with Crippen LogP contribution in [0, 0.1) is 0 Å². The van der Waals surface area contributed by atoms with Gasteiger partial charge in [-0.1, -0.05) is 12.1 Å². The van der Waals surface area contributed by atoms with E-state index in [-0.39, 0.29) is 0 Å². The Kier molecular flexibility index (Phi) is 5.86. The molecule has 3 nitrogen and oxygen atoms in total. The summed E-state index contributed by atoms with van der Waals surface area (Å²) in [6.45, 7) is 8.16. The Morgan fingerprint density at radius 2 is 2.20 bits per heavy atom. The fourth-order valence-electron chi connectivity index (χ4n) is 2.70. The van der Waals surface area contributed by atoms with Gasteiger partial charge in [0.05, 0.1) is 6.10 Å². The molecule has 1 N–H and O–H groups in total. The minimum absolute atomic E-state index is 0.340. The lowest BCUT2D eigenvalue weighted by atomic mass is 9.99. The van der Waals surface area contributed by atoms with Gasteiger partial charge < -0.3 is 15.0 Å². The van der Waals surface area contributed by atoms with E-state index in [1.165, 1.54) is 36.2 Å². The van der Waals surface area contributed by atoms with Crippen LogP contribution in [-0.4, -0.2) is 32.8 Å². The number of nitrogens with zero attached hydrogens (tertiary/aromatic N) is 1. The SMILES string of the molecule is CC(C)OCCCNCc1ccc2c(c1)CCCN2C. The van der Waals surface area contributed by atoms with Gasteiger partial charge in [-0.25, -0.2) is 0 Å². The third-order valence-electron chi connectivity index (χ3n) is 3.77. The van der Waals surface area contributed by atoms with Gasteiger partial charge in [-0.05, 0) is 56.8 Å². The van der Waals surface area contributed by atoms with Gasteiger partial charge in [0.15, 0.2) is 0 Å². The summed E-state index contributed by atoms with van der Waals surface area (Å²) in [6, 6.07) is 6.88. The molecule has 0 saturated heterocycles. The number of hydrogen-bond acceptors (Lipinski definition) is 3. The molecule has 2 rings (SSSR count). The molecule has 0 unspecified atom stereocenters. The predicted molar refractivity (Wildman–Crippen MR) is 85.4 cm³/mol. The summed E-state index contributed by atoms with van der Waals surface area (Å²) in [6.07, 6.45) is 3.90. The fraction of sp³-hybridized carbons (Fsp3) is 0.647. The topological polar surface area (TPSA) is 24.5 Å². The molecule has 0 aromatic heterocycles. The van der Waals surface area contributed by atoms with Gasteiger partial charge >= 0.3 is 0 Å². The van der Waals surface area contributed by atoms with Crippen molar-refractivity contribution in [3.63, 3.8) is 0 Å². The number of nitrogens with one attached hydrogen (secondary N) is 1. The van der Waals surface area contributed by atoms with Crippen LogP contribution in [0.15, 0.2) is 18.2 Å². The molecule has 0 atom stereocenters. The molecule has 0 fully saturated rings. The van der Waals surface area contributed by atoms with Gasteiger partial charge in [0.2, 0.25) is 0 Å². The van der Waals surface area contributed by atoms with E-state index in [1.54, 1.807) is 0 Å². The molecule has 20 heavy (non-hydrogen) atoms. The minimum atomic E-state index is 0.340. The molecule has 112 valence electrons. The van der Waals surface area contributed by atoms with Crippen molar-refractivity contribution >= 4 is 5.69 Å². The van der Waals surface area contributed by atoms with Crippen LogP contribution >= 0.6 is 0 Å². The second kappa shape index (κ2) is 7.65. The average Bonchev–Trinajstić information content (AvgIpc) is 2.42. The first-order valence-electron chi connectivity index (χ1n) is 7.82. The fourth-order valence-corrected chi connectivity index (χ4v) is 2.70. The Morgan fingerprint density at radius 3 is 3.00 bits per heavy atom. The van der Waals surface area contributed by atoms with E-state index in [0.717, 1.165) is 26.1 Å². The summed E-state index contributed by atoms with van der Waals surface area (Å²) < 4.78 is 5.53. The molecular formula is C17H28N2O. The zero-order valence-corrected chi connectivity index (χ0v) is 13.1. The maximum Gasteiger partial charge on any atom is 0.0518 e. The normalized spacial score (nSPS) is 14.7. The van der Waals surface area contributed by atoms with Crippen molar-refractivity contribution in [2.45, 2.75) is 45.8 Å². The van der Waals surface area contributed by atoms with E-state index >= 15 is 0 Å². The van der Waals surface area contributed by atoms with E-state index < -0.39 is 0 Å². The molecule has 1 heterocycles. The first-order valence-corrected chi connectivity index (χ1v) is 7.82. The number of rotatable bonds is 7. The highest BCUT2D eigenvalue weighted by Crippen LogP contribution is 2.26. The number of benzene rings is 1. The van der Waals surface area contributed by atoms with Gasteiger partial charge in [0, 0.05) is 32.4 Å². The Labute approximate surface area is 123 Å². The van der Waals surface area contributed by atoms with Crippen LogP contribution < -0.4 is 10.2 Å². The van der Waals surface area contributed by atoms with Crippen molar-refractivity contribution < 1.29 is 4.74 Å². The van der Waals surface area contributed by atoms with E-state index in [0.29, 0.717) is 6.10 Å². The third kappa shape index (κ3) is 4.50. The number of ether oxygens (including phenoxy) is 1. The van der Waals surface area contributed by atoms with E-state index in [4.69, 9.17) is 4.74 Å². The molecule has 1 aliphatic heterocycles. The van der Waals surface area contributed by atoms with Crippen LogP contribution in [0.1, 0.15) is 37.8 Å². The highest BCUT2D eigenvalue weighted by molar-refractivity contribution is 5.56. The lowest BCUT2D eigenvalue weighted by molar-refractivity contribution is 0.0770. The Morgan fingerprint density at radius 1 is 1.35 bits per heavy atom. The molecule has 0 radical (unpaired) electrons. The number of fused-ring (bicyclic) bond motifs is 1. The largest absolute Gasteiger partial charge is 0.379 e. The zero-order valence-electron chi connectivity index (χ0n) is 13.1. The van der Waals surface area contributed by atoms with Crippen LogP contribution in [0.3, 0.4) is 0 Å². The van der Waals surface area contributed by atoms with E-state index in [9.17, 15) is 0 Å². The van der Waals surface area contributed by atoms with Crippen LogP contribution in [0.4, 0.5) is 5.69 Å². The van der Waals surface area contributed by atoms with Crippen LogP contribution in [0.5, 0.6) is 0 Å². The summed E-state index contributed by atoms with van der Waals surface area (Å²) in [5.74, 6) is 0. The smallest absolute Gasteiger partial charge is 0.0518 e. The van der Waals surface area contributed by atoms with Crippen molar-refractivity contribution in [2.75, 3.05) is 31.6 Å². The summed E-state index contributed by atoms with van der Waals surface area (Å²) in [7, 11) is 2.19. The van der Waals surface area contributed by atoms with Crippen LogP contribution in [0.2, 0.25) is 0 Å². The van der Waals surface area contributed by atoms with Gasteiger partial charge in [0.1, 0.15) is 0 Å². The van der Waals surface area contributed by atoms with Gasteiger partial charge in [0.25, 0.3) is 0 Å². The summed E-state index contributed by atoms with van der Waals surface area (Å²) in [5.41, 5.74) is 4.30. The van der Waals surface area contributed by atoms with E-state index in [2.05, 4.69) is 49.3 Å². The predicted octanol–water partition coefficient (Wildman–Crippen LogP) is 2.97. The zero-order chi connectivity index (χ0) is 14.4. The first-order chi connectivity index (χ1) is 9.66. The van der Waals surface area contributed by atoms with Gasteiger partial charge in [-0.3, -0.25) is 0 Å². The van der Waals surface area contributed by atoms with E-state index in [1.807, 2.05) is 0 Å². The van der Waals surface area contributed by atoms with Crippen molar-refractivity contribution in [1.29, 1.82) is 0 Å². The summed E-state index contributed by atoms with van der Waals surface area (Å²) in [5, 5.41) is 3.50.